The number of halogens is 2. The van der Waals surface area contributed by atoms with Crippen molar-refractivity contribution in [2.75, 3.05) is 0 Å². The second-order valence-corrected chi connectivity index (χ2v) is 7.47. The van der Waals surface area contributed by atoms with E-state index in [0.717, 1.165) is 48.8 Å². The maximum atomic E-state index is 13.4. The van der Waals surface area contributed by atoms with Gasteiger partial charge in [-0.1, -0.05) is 0 Å². The Morgan fingerprint density at radius 1 is 0.735 bits per heavy atom. The Hall–Kier alpha value is -3.84. The van der Waals surface area contributed by atoms with Crippen LogP contribution in [0.2, 0.25) is 0 Å². The molecule has 0 saturated heterocycles. The van der Waals surface area contributed by atoms with Crippen molar-refractivity contribution in [1.29, 1.82) is 0 Å². The van der Waals surface area contributed by atoms with E-state index in [1.54, 1.807) is 0 Å². The highest BCUT2D eigenvalue weighted by Gasteiger charge is 2.32. The Labute approximate surface area is 191 Å². The number of nitrogens with zero attached hydrogens (tertiary/aromatic N) is 2. The van der Waals surface area contributed by atoms with Gasteiger partial charge in [0, 0.05) is 17.2 Å². The highest BCUT2D eigenvalue weighted by atomic mass is 19.1. The third kappa shape index (κ3) is 5.38. The first kappa shape index (κ1) is 24.8. The van der Waals surface area contributed by atoms with Gasteiger partial charge in [-0.15, -0.1) is 0 Å². The maximum absolute atomic E-state index is 13.4. The van der Waals surface area contributed by atoms with Crippen molar-refractivity contribution in [1.82, 2.24) is 20.6 Å². The van der Waals surface area contributed by atoms with Gasteiger partial charge in [-0.25, -0.2) is 18.7 Å². The molecule has 0 radical (unpaired) electrons. The number of carbonyl (C=O) groups excluding carboxylic acids is 2. The van der Waals surface area contributed by atoms with Gasteiger partial charge in [0.25, 0.3) is 23.6 Å². The van der Waals surface area contributed by atoms with Gasteiger partial charge in [0.05, 0.1) is 0 Å². The number of aliphatic hydroxyl groups is 4. The summed E-state index contributed by atoms with van der Waals surface area (Å²) in [4.78, 5) is 32.3. The molecule has 0 atom stereocenters. The molecule has 0 bridgehead atoms. The lowest BCUT2D eigenvalue weighted by molar-refractivity contribution is -0.186. The molecule has 0 aliphatic heterocycles. The van der Waals surface area contributed by atoms with Gasteiger partial charge in [0.2, 0.25) is 0 Å². The van der Waals surface area contributed by atoms with E-state index in [1.165, 1.54) is 13.8 Å². The first-order valence-corrected chi connectivity index (χ1v) is 9.70. The molecule has 0 saturated carbocycles. The highest BCUT2D eigenvalue weighted by molar-refractivity contribution is 5.97. The van der Waals surface area contributed by atoms with E-state index in [9.17, 15) is 38.8 Å². The summed E-state index contributed by atoms with van der Waals surface area (Å²) in [6.07, 6.45) is 0.820. The Kier molecular flexibility index (Phi) is 6.70. The fraction of sp³-hybridized carbons (Fsp3) is 0.182. The number of aromatic nitrogens is 2. The average Bonchev–Trinajstić information content (AvgIpc) is 2.76. The summed E-state index contributed by atoms with van der Waals surface area (Å²) >= 11 is 0. The van der Waals surface area contributed by atoms with Gasteiger partial charge in [-0.05, 0) is 61.4 Å². The second kappa shape index (κ2) is 9.19. The standard InChI is InChI=1S/C22H20F2N4O6/c1-11-7-13(3-5-15(11)23)21(31,32)27-19(29)17-9-18(26-10-25-17)20(30)28-22(33,34)14-4-6-16(24)12(2)8-14/h3-10,31-34H,1-2H3,(H,27,29)(H,28,30). The Bertz CT molecular complexity index is 1170. The Balaban J connectivity index is 1.77. The van der Waals surface area contributed by atoms with Crippen LogP contribution in [0.15, 0.2) is 48.8 Å². The molecule has 3 rings (SSSR count). The van der Waals surface area contributed by atoms with Crippen LogP contribution >= 0.6 is 0 Å². The number of hydrogen-bond acceptors (Lipinski definition) is 8. The average molecular weight is 474 g/mol. The number of amides is 2. The summed E-state index contributed by atoms with van der Waals surface area (Å²) in [6, 6.07) is 7.19. The Morgan fingerprint density at radius 2 is 1.12 bits per heavy atom. The van der Waals surface area contributed by atoms with Crippen molar-refractivity contribution in [3.8, 4) is 0 Å². The molecule has 34 heavy (non-hydrogen) atoms. The molecule has 10 nitrogen and oxygen atoms in total. The van der Waals surface area contributed by atoms with Crippen LogP contribution in [0.25, 0.3) is 0 Å². The van der Waals surface area contributed by atoms with E-state index in [1.807, 2.05) is 10.6 Å². The SMILES string of the molecule is Cc1cc(C(O)(O)NC(=O)c2cc(C(=O)NC(O)(O)c3ccc(F)c(C)c3)ncn2)ccc1F. The minimum atomic E-state index is -2.89. The zero-order chi connectivity index (χ0) is 25.3. The molecule has 0 spiro atoms. The van der Waals surface area contributed by atoms with Gasteiger partial charge in [0.15, 0.2) is 0 Å². The molecule has 1 aromatic heterocycles. The number of benzene rings is 2. The lowest BCUT2D eigenvalue weighted by Crippen LogP contribution is -2.47. The van der Waals surface area contributed by atoms with E-state index in [0.29, 0.717) is 0 Å². The van der Waals surface area contributed by atoms with Crippen molar-refractivity contribution in [3.05, 3.63) is 94.1 Å². The van der Waals surface area contributed by atoms with Crippen LogP contribution in [0.3, 0.4) is 0 Å². The van der Waals surface area contributed by atoms with Crippen molar-refractivity contribution in [2.24, 2.45) is 0 Å². The third-order valence-electron chi connectivity index (χ3n) is 4.83. The van der Waals surface area contributed by atoms with Crippen LogP contribution in [0, 0.1) is 25.5 Å². The largest absolute Gasteiger partial charge is 0.345 e. The van der Waals surface area contributed by atoms with E-state index >= 15 is 0 Å². The van der Waals surface area contributed by atoms with Crippen LogP contribution in [0.1, 0.15) is 43.2 Å². The monoisotopic (exact) mass is 474 g/mol. The molecule has 3 aromatic rings. The summed E-state index contributed by atoms with van der Waals surface area (Å²) in [5.74, 6) is -9.22. The van der Waals surface area contributed by atoms with Gasteiger partial charge < -0.3 is 20.4 Å². The van der Waals surface area contributed by atoms with E-state index < -0.39 is 46.7 Å². The van der Waals surface area contributed by atoms with Crippen molar-refractivity contribution in [2.45, 2.75) is 25.7 Å². The highest BCUT2D eigenvalue weighted by Crippen LogP contribution is 2.20. The smallest absolute Gasteiger partial charge is 0.275 e. The molecule has 2 aromatic carbocycles. The van der Waals surface area contributed by atoms with Crippen molar-refractivity contribution < 1.29 is 38.8 Å². The van der Waals surface area contributed by atoms with Gasteiger partial charge >= 0.3 is 0 Å². The van der Waals surface area contributed by atoms with Crippen LogP contribution in [-0.4, -0.2) is 42.2 Å². The fourth-order valence-corrected chi connectivity index (χ4v) is 2.92. The summed E-state index contributed by atoms with van der Waals surface area (Å²) in [5.41, 5.74) is -1.18. The predicted molar refractivity (Wildman–Crippen MR) is 111 cm³/mol. The molecule has 2 amide bonds. The summed E-state index contributed by atoms with van der Waals surface area (Å²) in [6.45, 7) is 2.78. The van der Waals surface area contributed by atoms with Gasteiger partial charge in [-0.2, -0.15) is 0 Å². The molecule has 0 unspecified atom stereocenters. The number of aryl methyl sites for hydroxylation is 2. The number of nitrogens with one attached hydrogen (secondary N) is 2. The molecule has 0 aliphatic rings. The number of carbonyl (C=O) groups is 2. The molecule has 1 heterocycles. The van der Waals surface area contributed by atoms with Crippen molar-refractivity contribution in [3.63, 3.8) is 0 Å². The first-order chi connectivity index (χ1) is 15.8. The van der Waals surface area contributed by atoms with Crippen LogP contribution < -0.4 is 10.6 Å². The van der Waals surface area contributed by atoms with Crippen LogP contribution in [0.5, 0.6) is 0 Å². The molecular formula is C22H20F2N4O6. The topological polar surface area (TPSA) is 165 Å². The van der Waals surface area contributed by atoms with Crippen molar-refractivity contribution >= 4 is 11.8 Å². The lowest BCUT2D eigenvalue weighted by atomic mass is 10.1. The number of hydrogen-bond donors (Lipinski definition) is 6. The van der Waals surface area contributed by atoms with E-state index in [4.69, 9.17) is 0 Å². The molecule has 6 N–H and O–H groups in total. The fourth-order valence-electron chi connectivity index (χ4n) is 2.92. The first-order valence-electron chi connectivity index (χ1n) is 9.70. The summed E-state index contributed by atoms with van der Waals surface area (Å²) in [7, 11) is 0. The lowest BCUT2D eigenvalue weighted by Gasteiger charge is -2.24. The van der Waals surface area contributed by atoms with E-state index in [2.05, 4.69) is 9.97 Å². The normalized spacial score (nSPS) is 11.8. The minimum absolute atomic E-state index is 0.105. The molecule has 12 heteroatoms. The minimum Gasteiger partial charge on any atom is -0.345 e. The quantitative estimate of drug-likeness (QED) is 0.280. The summed E-state index contributed by atoms with van der Waals surface area (Å²) in [5, 5.41) is 44.6. The predicted octanol–water partition coefficient (Wildman–Crippen LogP) is 0.421. The zero-order valence-electron chi connectivity index (χ0n) is 17.9. The zero-order valence-corrected chi connectivity index (χ0v) is 17.9. The molecular weight excluding hydrogens is 454 g/mol. The molecule has 0 aliphatic carbocycles. The second-order valence-electron chi connectivity index (χ2n) is 7.47. The molecule has 0 fully saturated rings. The summed E-state index contributed by atoms with van der Waals surface area (Å²) < 4.78 is 26.9. The van der Waals surface area contributed by atoms with Gasteiger partial charge in [-0.3, -0.25) is 20.2 Å². The molecule has 178 valence electrons. The van der Waals surface area contributed by atoms with Crippen LogP contribution in [-0.2, 0) is 11.8 Å². The van der Waals surface area contributed by atoms with Crippen LogP contribution in [0.4, 0.5) is 8.78 Å². The third-order valence-corrected chi connectivity index (χ3v) is 4.83. The number of rotatable bonds is 6. The maximum Gasteiger partial charge on any atom is 0.275 e. The van der Waals surface area contributed by atoms with Gasteiger partial charge in [0.1, 0.15) is 29.3 Å². The van der Waals surface area contributed by atoms with E-state index in [-0.39, 0.29) is 22.3 Å². The Morgan fingerprint density at radius 3 is 1.47 bits per heavy atom.